The Morgan fingerprint density at radius 1 is 1.50 bits per heavy atom. The Morgan fingerprint density at radius 3 is 2.50 bits per heavy atom. The van der Waals surface area contributed by atoms with E-state index in [0.717, 1.165) is 11.8 Å². The molecule has 0 aromatic heterocycles. The normalized spacial score (nSPS) is 14.8. The van der Waals surface area contributed by atoms with Gasteiger partial charge in [0.25, 0.3) is 0 Å². The molecule has 0 aromatic carbocycles. The van der Waals surface area contributed by atoms with E-state index in [1.54, 1.807) is 0 Å². The molecule has 0 aliphatic carbocycles. The second-order valence-electron chi connectivity index (χ2n) is 2.92. The zero-order chi connectivity index (χ0) is 11.1. The summed E-state index contributed by atoms with van der Waals surface area (Å²) in [5.74, 6) is -0.790. The fourth-order valence-electron chi connectivity index (χ4n) is 0.739. The van der Waals surface area contributed by atoms with Crippen LogP contribution in [0.2, 0.25) is 0 Å². The molecule has 0 heterocycles. The number of carboxylic acids is 1. The van der Waals surface area contributed by atoms with E-state index >= 15 is 0 Å². The second-order valence-corrected chi connectivity index (χ2v) is 4.11. The van der Waals surface area contributed by atoms with Crippen LogP contribution in [0.15, 0.2) is 0 Å². The van der Waals surface area contributed by atoms with Crippen molar-refractivity contribution in [3.63, 3.8) is 0 Å². The van der Waals surface area contributed by atoms with Crippen LogP contribution in [0.3, 0.4) is 0 Å². The van der Waals surface area contributed by atoms with Crippen LogP contribution < -0.4 is 5.73 Å². The van der Waals surface area contributed by atoms with Crippen LogP contribution in [0.5, 0.6) is 0 Å². The zero-order valence-corrected chi connectivity index (χ0v) is 8.79. The van der Waals surface area contributed by atoms with Crippen molar-refractivity contribution in [2.24, 2.45) is 5.73 Å². The molecule has 0 rings (SSSR count). The van der Waals surface area contributed by atoms with E-state index in [2.05, 4.69) is 0 Å². The molecular formula is C8H15NO4S. The molecule has 0 bridgehead atoms. The van der Waals surface area contributed by atoms with Crippen molar-refractivity contribution in [1.29, 1.82) is 0 Å². The molecule has 0 amide bonds. The van der Waals surface area contributed by atoms with Crippen LogP contribution in [0.25, 0.3) is 0 Å². The molecule has 2 atom stereocenters. The van der Waals surface area contributed by atoms with Gasteiger partial charge >= 0.3 is 5.97 Å². The quantitative estimate of drug-likeness (QED) is 0.407. The third kappa shape index (κ3) is 5.95. The monoisotopic (exact) mass is 221 g/mol. The topological polar surface area (TPSA) is 101 Å². The van der Waals surface area contributed by atoms with Crippen molar-refractivity contribution in [2.75, 3.05) is 5.75 Å². The maximum atomic E-state index is 10.6. The van der Waals surface area contributed by atoms with Crippen molar-refractivity contribution < 1.29 is 19.8 Å². The van der Waals surface area contributed by atoms with E-state index in [0.29, 0.717) is 18.6 Å². The highest BCUT2D eigenvalue weighted by Gasteiger charge is 2.12. The van der Waals surface area contributed by atoms with Gasteiger partial charge in [-0.25, -0.2) is 0 Å². The van der Waals surface area contributed by atoms with Gasteiger partial charge in [-0.15, -0.1) is 11.8 Å². The van der Waals surface area contributed by atoms with Crippen molar-refractivity contribution in [1.82, 2.24) is 0 Å². The molecular weight excluding hydrogens is 206 g/mol. The number of ketones is 1. The third-order valence-electron chi connectivity index (χ3n) is 1.60. The Bertz CT molecular complexity index is 188. The van der Waals surface area contributed by atoms with E-state index in [4.69, 9.17) is 15.9 Å². The Labute approximate surface area is 86.7 Å². The molecule has 2 unspecified atom stereocenters. The minimum atomic E-state index is -1.03. The molecule has 0 spiro atoms. The van der Waals surface area contributed by atoms with E-state index < -0.39 is 17.4 Å². The minimum Gasteiger partial charge on any atom is -0.480 e. The number of Topliss-reactive ketones (excluding diaryl/α,β-unsaturated/α-hetero) is 1. The van der Waals surface area contributed by atoms with Crippen LogP contribution in [-0.4, -0.2) is 39.2 Å². The summed E-state index contributed by atoms with van der Waals surface area (Å²) in [6, 6.07) is -0.856. The average molecular weight is 221 g/mol. The summed E-state index contributed by atoms with van der Waals surface area (Å²) in [6.45, 7) is 1.31. The van der Waals surface area contributed by atoms with E-state index in [-0.39, 0.29) is 5.78 Å². The highest BCUT2D eigenvalue weighted by Crippen LogP contribution is 2.11. The fourth-order valence-corrected chi connectivity index (χ4v) is 1.53. The zero-order valence-electron chi connectivity index (χ0n) is 7.97. The summed E-state index contributed by atoms with van der Waals surface area (Å²) in [6.07, 6.45) is 0.926. The van der Waals surface area contributed by atoms with Gasteiger partial charge in [0, 0.05) is 0 Å². The number of nitrogens with two attached hydrogens (primary N) is 1. The van der Waals surface area contributed by atoms with Crippen LogP contribution in [-0.2, 0) is 9.59 Å². The fraction of sp³-hybridized carbons (Fsp3) is 0.750. The molecule has 82 valence electrons. The number of carbonyl (C=O) groups excluding carboxylic acids is 1. The van der Waals surface area contributed by atoms with Gasteiger partial charge in [0.2, 0.25) is 0 Å². The lowest BCUT2D eigenvalue weighted by Gasteiger charge is -2.07. The summed E-state index contributed by atoms with van der Waals surface area (Å²) >= 11 is 1.10. The smallest absolute Gasteiger partial charge is 0.320 e. The van der Waals surface area contributed by atoms with Crippen LogP contribution in [0.1, 0.15) is 19.8 Å². The predicted octanol–water partition coefficient (Wildman–Crippen LogP) is -0.181. The largest absolute Gasteiger partial charge is 0.480 e. The van der Waals surface area contributed by atoms with E-state index in [1.165, 1.54) is 6.92 Å². The lowest BCUT2D eigenvalue weighted by atomic mass is 10.2. The van der Waals surface area contributed by atoms with Gasteiger partial charge in [-0.1, -0.05) is 0 Å². The Kier molecular flexibility index (Phi) is 6.52. The molecule has 0 aromatic rings. The first kappa shape index (κ1) is 13.4. The molecule has 0 saturated carbocycles. The van der Waals surface area contributed by atoms with Gasteiger partial charge in [0.05, 0.1) is 0 Å². The number of aliphatic carboxylic acids is 1. The minimum absolute atomic E-state index is 0.294. The average Bonchev–Trinajstić information content (AvgIpc) is 2.11. The van der Waals surface area contributed by atoms with Crippen LogP contribution in [0.4, 0.5) is 0 Å². The van der Waals surface area contributed by atoms with Crippen molar-refractivity contribution >= 4 is 23.5 Å². The Hall–Kier alpha value is -0.590. The lowest BCUT2D eigenvalue weighted by Crippen LogP contribution is -2.30. The second kappa shape index (κ2) is 6.80. The van der Waals surface area contributed by atoms with Crippen LogP contribution in [0, 0.1) is 0 Å². The van der Waals surface area contributed by atoms with E-state index in [9.17, 15) is 9.59 Å². The number of aliphatic hydroxyl groups is 1. The number of aliphatic hydroxyl groups excluding tert-OH is 1. The molecule has 0 radical (unpaired) electrons. The van der Waals surface area contributed by atoms with Crippen molar-refractivity contribution in [3.05, 3.63) is 0 Å². The first-order valence-electron chi connectivity index (χ1n) is 4.23. The predicted molar refractivity (Wildman–Crippen MR) is 54.0 cm³/mol. The molecule has 0 fully saturated rings. The highest BCUT2D eigenvalue weighted by atomic mass is 32.2. The van der Waals surface area contributed by atoms with Crippen molar-refractivity contribution in [3.8, 4) is 0 Å². The lowest BCUT2D eigenvalue weighted by molar-refractivity contribution is -0.138. The number of carboxylic acid groups (broad SMARTS) is 1. The standard InChI is InChI=1S/C8H15NO4S/c1-5(10)8(13)14-4-2-3-6(9)7(11)12/h6,8,13H,2-4,9H2,1H3,(H,11,12). The number of rotatable bonds is 7. The van der Waals surface area contributed by atoms with Gasteiger partial charge in [-0.2, -0.15) is 0 Å². The van der Waals surface area contributed by atoms with Crippen molar-refractivity contribution in [2.45, 2.75) is 31.2 Å². The number of hydrogen-bond acceptors (Lipinski definition) is 5. The summed E-state index contributed by atoms with van der Waals surface area (Å²) in [7, 11) is 0. The number of thioether (sulfide) groups is 1. The van der Waals surface area contributed by atoms with Gasteiger partial charge in [-0.05, 0) is 25.5 Å². The van der Waals surface area contributed by atoms with Gasteiger partial charge in [0.1, 0.15) is 6.04 Å². The Balaban J connectivity index is 3.47. The molecule has 4 N–H and O–H groups in total. The van der Waals surface area contributed by atoms with Gasteiger partial charge < -0.3 is 15.9 Å². The number of carbonyl (C=O) groups is 2. The molecule has 0 saturated heterocycles. The molecule has 0 aliphatic heterocycles. The maximum absolute atomic E-state index is 10.6. The van der Waals surface area contributed by atoms with Gasteiger partial charge in [-0.3, -0.25) is 9.59 Å². The first-order chi connectivity index (χ1) is 6.45. The molecule has 6 heteroatoms. The van der Waals surface area contributed by atoms with Crippen LogP contribution >= 0.6 is 11.8 Å². The third-order valence-corrected chi connectivity index (χ3v) is 2.77. The maximum Gasteiger partial charge on any atom is 0.320 e. The molecule has 5 nitrogen and oxygen atoms in total. The summed E-state index contributed by atoms with van der Waals surface area (Å²) in [4.78, 5) is 20.9. The molecule has 0 aliphatic rings. The SMILES string of the molecule is CC(=O)C(O)SCCCC(N)C(=O)O. The molecule has 14 heavy (non-hydrogen) atoms. The Morgan fingerprint density at radius 2 is 2.07 bits per heavy atom. The summed E-state index contributed by atoms with van der Waals surface area (Å²) in [5, 5.41) is 17.5. The summed E-state index contributed by atoms with van der Waals surface area (Å²) < 4.78 is 0. The van der Waals surface area contributed by atoms with Gasteiger partial charge in [0.15, 0.2) is 11.2 Å². The highest BCUT2D eigenvalue weighted by molar-refractivity contribution is 8.00. The first-order valence-corrected chi connectivity index (χ1v) is 5.28. The van der Waals surface area contributed by atoms with E-state index in [1.807, 2.05) is 0 Å². The number of hydrogen-bond donors (Lipinski definition) is 3. The summed E-state index contributed by atoms with van der Waals surface area (Å²) in [5.41, 5.74) is 4.25.